The van der Waals surface area contributed by atoms with E-state index in [1.54, 1.807) is 0 Å². The fraction of sp³-hybridized carbons (Fsp3) is 0.100. The van der Waals surface area contributed by atoms with Gasteiger partial charge >= 0.3 is 0 Å². The minimum absolute atomic E-state index is 0.0385. The normalized spacial score (nSPS) is 10.3. The van der Waals surface area contributed by atoms with E-state index in [0.29, 0.717) is 0 Å². The van der Waals surface area contributed by atoms with Gasteiger partial charge in [0.05, 0.1) is 6.54 Å². The average Bonchev–Trinajstić information content (AvgIpc) is 2.80. The van der Waals surface area contributed by atoms with Gasteiger partial charge in [0.2, 0.25) is 6.39 Å². The second kappa shape index (κ2) is 5.05. The molecule has 0 saturated carbocycles. The van der Waals surface area contributed by atoms with Crippen LogP contribution in [-0.4, -0.2) is 15.1 Å². The molecule has 2 rings (SSSR count). The van der Waals surface area contributed by atoms with Crippen molar-refractivity contribution in [2.24, 2.45) is 5.73 Å². The van der Waals surface area contributed by atoms with Crippen LogP contribution < -0.4 is 11.1 Å². The lowest BCUT2D eigenvalue weighted by Gasteiger charge is -2.08. The summed E-state index contributed by atoms with van der Waals surface area (Å²) in [5.41, 5.74) is 5.14. The maximum absolute atomic E-state index is 13.6. The number of halogens is 2. The Bertz CT molecular complexity index is 550. The summed E-state index contributed by atoms with van der Waals surface area (Å²) < 4.78 is 31.7. The topological polar surface area (TPSA) is 77.0 Å². The zero-order chi connectivity index (χ0) is 13.1. The highest BCUT2D eigenvalue weighted by atomic mass is 32.1. The van der Waals surface area contributed by atoms with Gasteiger partial charge in [-0.05, 0) is 12.1 Å². The molecule has 1 heterocycles. The van der Waals surface area contributed by atoms with E-state index in [4.69, 9.17) is 5.73 Å². The maximum Gasteiger partial charge on any atom is 0.213 e. The third-order valence-electron chi connectivity index (χ3n) is 2.16. The van der Waals surface area contributed by atoms with Crippen LogP contribution in [0.4, 0.5) is 14.5 Å². The van der Waals surface area contributed by atoms with Crippen LogP contribution in [0, 0.1) is 11.6 Å². The quantitative estimate of drug-likeness (QED) is 0.822. The van der Waals surface area contributed by atoms with Crippen molar-refractivity contribution in [1.82, 2.24) is 10.1 Å². The molecule has 5 nitrogen and oxygen atoms in total. The smallest absolute Gasteiger partial charge is 0.213 e. The molecule has 1 aromatic carbocycles. The second-order valence-electron chi connectivity index (χ2n) is 3.38. The van der Waals surface area contributed by atoms with Gasteiger partial charge in [-0.3, -0.25) is 0 Å². The van der Waals surface area contributed by atoms with Crippen LogP contribution >= 0.6 is 12.2 Å². The van der Waals surface area contributed by atoms with Crippen molar-refractivity contribution in [3.8, 4) is 0 Å². The van der Waals surface area contributed by atoms with Crippen molar-refractivity contribution in [3.05, 3.63) is 41.5 Å². The number of thiocarbonyl (C=S) groups is 1. The summed E-state index contributed by atoms with van der Waals surface area (Å²) in [6, 6.07) is 2.12. The Morgan fingerprint density at radius 1 is 1.39 bits per heavy atom. The van der Waals surface area contributed by atoms with E-state index in [1.165, 1.54) is 0 Å². The van der Waals surface area contributed by atoms with Gasteiger partial charge in [0.1, 0.15) is 22.3 Å². The van der Waals surface area contributed by atoms with Crippen molar-refractivity contribution in [3.63, 3.8) is 0 Å². The summed E-state index contributed by atoms with van der Waals surface area (Å²) >= 11 is 4.65. The number of rotatable bonds is 4. The number of nitrogens with one attached hydrogen (secondary N) is 1. The van der Waals surface area contributed by atoms with E-state index < -0.39 is 11.6 Å². The number of nitrogens with two attached hydrogens (primary N) is 1. The van der Waals surface area contributed by atoms with Crippen molar-refractivity contribution < 1.29 is 13.3 Å². The first-order valence-corrected chi connectivity index (χ1v) is 5.26. The third-order valence-corrected chi connectivity index (χ3v) is 2.39. The molecule has 0 spiro atoms. The molecule has 8 heteroatoms. The number of anilines is 1. The van der Waals surface area contributed by atoms with Gasteiger partial charge in [0.25, 0.3) is 0 Å². The Morgan fingerprint density at radius 2 is 2.06 bits per heavy atom. The first-order valence-electron chi connectivity index (χ1n) is 4.86. The third kappa shape index (κ3) is 2.59. The summed E-state index contributed by atoms with van der Waals surface area (Å²) in [6.07, 6.45) is 1.12. The zero-order valence-electron chi connectivity index (χ0n) is 8.98. The predicted molar refractivity (Wildman–Crippen MR) is 63.9 cm³/mol. The standard InChI is InChI=1S/C10H8F2N4OS/c11-6-1-5(10(13)18)2-7(12)9(6)14-3-8-15-4-17-16-8/h1-2,4,14H,3H2,(H2,13,18). The molecule has 0 aliphatic heterocycles. The Hall–Kier alpha value is -2.09. The van der Waals surface area contributed by atoms with Crippen molar-refractivity contribution >= 4 is 22.9 Å². The second-order valence-corrected chi connectivity index (χ2v) is 3.82. The van der Waals surface area contributed by atoms with Gasteiger partial charge in [-0.2, -0.15) is 4.98 Å². The van der Waals surface area contributed by atoms with Gasteiger partial charge in [-0.1, -0.05) is 17.4 Å². The minimum Gasteiger partial charge on any atom is -0.389 e. The number of hydrogen-bond acceptors (Lipinski definition) is 5. The zero-order valence-corrected chi connectivity index (χ0v) is 9.80. The molecule has 0 fully saturated rings. The molecule has 0 aliphatic carbocycles. The summed E-state index contributed by atoms with van der Waals surface area (Å²) in [5, 5.41) is 6.03. The fourth-order valence-corrected chi connectivity index (χ4v) is 1.44. The summed E-state index contributed by atoms with van der Waals surface area (Å²) in [6.45, 7) is 0.0385. The van der Waals surface area contributed by atoms with Crippen molar-refractivity contribution in [2.75, 3.05) is 5.32 Å². The highest BCUT2D eigenvalue weighted by Gasteiger charge is 2.12. The lowest BCUT2D eigenvalue weighted by molar-refractivity contribution is 0.410. The van der Waals surface area contributed by atoms with Crippen LogP contribution in [0.25, 0.3) is 0 Å². The van der Waals surface area contributed by atoms with Crippen LogP contribution in [0.1, 0.15) is 11.4 Å². The number of nitrogens with zero attached hydrogens (tertiary/aromatic N) is 2. The maximum atomic E-state index is 13.6. The van der Waals surface area contributed by atoms with E-state index in [-0.39, 0.29) is 28.6 Å². The summed E-state index contributed by atoms with van der Waals surface area (Å²) in [4.78, 5) is 3.64. The van der Waals surface area contributed by atoms with Gasteiger partial charge in [-0.15, -0.1) is 0 Å². The molecule has 94 valence electrons. The van der Waals surface area contributed by atoms with Crippen LogP contribution in [0.5, 0.6) is 0 Å². The van der Waals surface area contributed by atoms with Crippen LogP contribution in [0.3, 0.4) is 0 Å². The van der Waals surface area contributed by atoms with Crippen LogP contribution in [0.15, 0.2) is 23.0 Å². The Morgan fingerprint density at radius 3 is 2.56 bits per heavy atom. The Labute approximate surface area is 106 Å². The van der Waals surface area contributed by atoms with Crippen LogP contribution in [0.2, 0.25) is 0 Å². The first-order chi connectivity index (χ1) is 8.58. The van der Waals surface area contributed by atoms with Crippen molar-refractivity contribution in [1.29, 1.82) is 0 Å². The summed E-state index contributed by atoms with van der Waals surface area (Å²) in [5.74, 6) is -1.30. The predicted octanol–water partition coefficient (Wildman–Crippen LogP) is 1.59. The lowest BCUT2D eigenvalue weighted by atomic mass is 10.2. The van der Waals surface area contributed by atoms with E-state index in [2.05, 4.69) is 32.2 Å². The molecule has 1 aromatic heterocycles. The van der Waals surface area contributed by atoms with E-state index in [9.17, 15) is 8.78 Å². The number of aromatic nitrogens is 2. The SMILES string of the molecule is NC(=S)c1cc(F)c(NCc2ncon2)c(F)c1. The molecule has 3 N–H and O–H groups in total. The molecule has 0 aliphatic rings. The minimum atomic E-state index is -0.790. The summed E-state index contributed by atoms with van der Waals surface area (Å²) in [7, 11) is 0. The molecule has 18 heavy (non-hydrogen) atoms. The molecule has 2 aromatic rings. The van der Waals surface area contributed by atoms with Gasteiger partial charge < -0.3 is 15.6 Å². The van der Waals surface area contributed by atoms with Gasteiger partial charge in [-0.25, -0.2) is 8.78 Å². The highest BCUT2D eigenvalue weighted by Crippen LogP contribution is 2.21. The number of benzene rings is 1. The van der Waals surface area contributed by atoms with E-state index in [1.807, 2.05) is 0 Å². The fourth-order valence-electron chi connectivity index (χ4n) is 1.32. The molecule has 0 amide bonds. The Kier molecular flexibility index (Phi) is 3.47. The Balaban J connectivity index is 2.20. The molecule has 0 atom stereocenters. The molecule has 0 unspecified atom stereocenters. The monoisotopic (exact) mass is 270 g/mol. The molecule has 0 bridgehead atoms. The van der Waals surface area contributed by atoms with Crippen molar-refractivity contribution in [2.45, 2.75) is 6.54 Å². The lowest BCUT2D eigenvalue weighted by Crippen LogP contribution is -2.12. The molecular weight excluding hydrogens is 262 g/mol. The van der Waals surface area contributed by atoms with Crippen LogP contribution in [-0.2, 0) is 6.54 Å². The van der Waals surface area contributed by atoms with Gasteiger partial charge in [0, 0.05) is 5.56 Å². The average molecular weight is 270 g/mol. The molecular formula is C10H8F2N4OS. The number of hydrogen-bond donors (Lipinski definition) is 2. The molecule has 0 saturated heterocycles. The largest absolute Gasteiger partial charge is 0.389 e. The highest BCUT2D eigenvalue weighted by molar-refractivity contribution is 7.80. The van der Waals surface area contributed by atoms with Gasteiger partial charge in [0.15, 0.2) is 5.82 Å². The van der Waals surface area contributed by atoms with E-state index in [0.717, 1.165) is 18.5 Å². The first kappa shape index (κ1) is 12.4. The molecule has 0 radical (unpaired) electrons. The van der Waals surface area contributed by atoms with E-state index >= 15 is 0 Å².